The first-order chi connectivity index (χ1) is 11.8. The summed E-state index contributed by atoms with van der Waals surface area (Å²) in [5.41, 5.74) is -0.786. The van der Waals surface area contributed by atoms with Crippen molar-refractivity contribution < 1.29 is 28.3 Å². The van der Waals surface area contributed by atoms with Crippen LogP contribution in [-0.2, 0) is 18.5 Å². The molecule has 1 aromatic heterocycles. The molecule has 11 heteroatoms. The van der Waals surface area contributed by atoms with Crippen LogP contribution in [0.4, 0.5) is 0 Å². The first-order valence-corrected chi connectivity index (χ1v) is 9.71. The second kappa shape index (κ2) is 8.50. The van der Waals surface area contributed by atoms with Crippen LogP contribution in [0.1, 0.15) is 31.6 Å². The first kappa shape index (κ1) is 20.2. The molecule has 1 aliphatic rings. The van der Waals surface area contributed by atoms with Crippen LogP contribution < -0.4 is 11.2 Å². The predicted molar refractivity (Wildman–Crippen MR) is 90.3 cm³/mol. The molecule has 0 spiro atoms. The summed E-state index contributed by atoms with van der Waals surface area (Å²) in [5, 5.41) is 0. The molecule has 0 amide bonds. The monoisotopic (exact) mass is 380 g/mol. The van der Waals surface area contributed by atoms with Crippen LogP contribution in [0.5, 0.6) is 0 Å². The van der Waals surface area contributed by atoms with E-state index in [-0.39, 0.29) is 12.7 Å². The van der Waals surface area contributed by atoms with Crippen LogP contribution >= 0.6 is 8.17 Å². The van der Waals surface area contributed by atoms with E-state index in [1.54, 1.807) is 6.92 Å². The van der Waals surface area contributed by atoms with Gasteiger partial charge in [0, 0.05) is 0 Å². The molecule has 25 heavy (non-hydrogen) atoms. The van der Waals surface area contributed by atoms with Gasteiger partial charge in [-0.1, -0.05) is 0 Å². The Morgan fingerprint density at radius 3 is 2.80 bits per heavy atom. The van der Waals surface area contributed by atoms with Crippen LogP contribution in [0.25, 0.3) is 0 Å². The Kier molecular flexibility index (Phi) is 6.86. The minimum atomic E-state index is -4.25. The van der Waals surface area contributed by atoms with Gasteiger partial charge in [0.2, 0.25) is 0 Å². The SMILES string of the molecule is CCC1CCOC(CO[PH](O)(O)OC)[C@H](n2cc(C)c(=O)[nH]c2=O)O1. The Bertz CT molecular complexity index is 688. The Morgan fingerprint density at radius 1 is 1.44 bits per heavy atom. The maximum atomic E-state index is 12.2. The summed E-state index contributed by atoms with van der Waals surface area (Å²) in [5.74, 6) is 0. The zero-order valence-corrected chi connectivity index (χ0v) is 15.4. The molecular weight excluding hydrogens is 355 g/mol. The van der Waals surface area contributed by atoms with Gasteiger partial charge in [0.1, 0.15) is 0 Å². The van der Waals surface area contributed by atoms with Gasteiger partial charge in [-0.15, -0.1) is 0 Å². The fraction of sp³-hybridized carbons (Fsp3) is 0.714. The number of hydrogen-bond acceptors (Lipinski definition) is 8. The number of nitrogens with one attached hydrogen (secondary N) is 1. The molecule has 2 unspecified atom stereocenters. The van der Waals surface area contributed by atoms with E-state index in [0.29, 0.717) is 25.0 Å². The van der Waals surface area contributed by atoms with Gasteiger partial charge in [-0.3, -0.25) is 0 Å². The third-order valence-electron chi connectivity index (χ3n) is 4.00. The summed E-state index contributed by atoms with van der Waals surface area (Å²) < 4.78 is 22.5. The second-order valence-electron chi connectivity index (χ2n) is 5.80. The fourth-order valence-corrected chi connectivity index (χ4v) is 2.99. The summed E-state index contributed by atoms with van der Waals surface area (Å²) in [6.45, 7) is 3.63. The normalized spacial score (nSPS) is 25.6. The Morgan fingerprint density at radius 2 is 2.16 bits per heavy atom. The van der Waals surface area contributed by atoms with Crippen molar-refractivity contribution in [1.82, 2.24) is 9.55 Å². The molecule has 3 N–H and O–H groups in total. The van der Waals surface area contributed by atoms with Crippen molar-refractivity contribution in [3.63, 3.8) is 0 Å². The third kappa shape index (κ3) is 5.18. The van der Waals surface area contributed by atoms with Crippen molar-refractivity contribution in [2.24, 2.45) is 0 Å². The summed E-state index contributed by atoms with van der Waals surface area (Å²) in [6, 6.07) is 0. The standard InChI is InChI=1S/C14H25N2O8P/c1-4-10-5-6-22-11(8-23-25(19,20)21-3)13(24-10)16-7-9(2)12(17)15-14(16)18/h7,10-11,13,19-20,25H,4-6,8H2,1-3H3,(H,15,17,18)/t10?,11?,13-/m1/s1. The van der Waals surface area contributed by atoms with E-state index in [2.05, 4.69) is 9.51 Å². The third-order valence-corrected chi connectivity index (χ3v) is 5.07. The van der Waals surface area contributed by atoms with E-state index in [4.69, 9.17) is 14.0 Å². The molecular formula is C14H25N2O8P. The van der Waals surface area contributed by atoms with Gasteiger partial charge in [0.05, 0.1) is 0 Å². The summed E-state index contributed by atoms with van der Waals surface area (Å²) >= 11 is 0. The molecule has 144 valence electrons. The average molecular weight is 380 g/mol. The Balaban J connectivity index is 2.33. The number of nitrogens with zero attached hydrogens (tertiary/aromatic N) is 1. The number of aryl methyl sites for hydroxylation is 1. The zero-order chi connectivity index (χ0) is 18.6. The van der Waals surface area contributed by atoms with Gasteiger partial charge in [-0.05, 0) is 0 Å². The second-order valence-corrected chi connectivity index (χ2v) is 7.59. The number of aromatic amines is 1. The molecule has 0 saturated carbocycles. The molecule has 1 aromatic rings. The number of rotatable bonds is 6. The predicted octanol–water partition coefficient (Wildman–Crippen LogP) is -0.0148. The molecule has 0 aliphatic carbocycles. The number of H-pyrrole nitrogens is 1. The number of hydrogen-bond donors (Lipinski definition) is 3. The van der Waals surface area contributed by atoms with E-state index in [1.165, 1.54) is 10.8 Å². The molecule has 1 aliphatic heterocycles. The van der Waals surface area contributed by atoms with Crippen molar-refractivity contribution in [3.8, 4) is 0 Å². The summed E-state index contributed by atoms with van der Waals surface area (Å²) in [6.07, 6.45) is 0.881. The van der Waals surface area contributed by atoms with Gasteiger partial charge in [-0.2, -0.15) is 0 Å². The molecule has 2 rings (SSSR count). The van der Waals surface area contributed by atoms with E-state index < -0.39 is 31.8 Å². The van der Waals surface area contributed by atoms with Gasteiger partial charge in [0.15, 0.2) is 0 Å². The van der Waals surface area contributed by atoms with Crippen LogP contribution in [-0.4, -0.2) is 51.9 Å². The van der Waals surface area contributed by atoms with Crippen molar-refractivity contribution in [1.29, 1.82) is 0 Å². The molecule has 0 radical (unpaired) electrons. The first-order valence-electron chi connectivity index (χ1n) is 8.00. The summed E-state index contributed by atoms with van der Waals surface area (Å²) in [4.78, 5) is 45.1. The van der Waals surface area contributed by atoms with E-state index >= 15 is 0 Å². The molecule has 10 nitrogen and oxygen atoms in total. The van der Waals surface area contributed by atoms with Gasteiger partial charge < -0.3 is 0 Å². The molecule has 2 heterocycles. The molecule has 1 fully saturated rings. The number of ether oxygens (including phenoxy) is 2. The average Bonchev–Trinajstić information content (AvgIpc) is 2.78. The quantitative estimate of drug-likeness (QED) is 0.587. The van der Waals surface area contributed by atoms with E-state index in [9.17, 15) is 19.4 Å². The Hall–Kier alpha value is -1.13. The molecule has 1 saturated heterocycles. The topological polar surface area (TPSA) is 132 Å². The fourth-order valence-electron chi connectivity index (χ4n) is 2.49. The van der Waals surface area contributed by atoms with Crippen LogP contribution in [0.15, 0.2) is 15.8 Å². The molecule has 0 bridgehead atoms. The van der Waals surface area contributed by atoms with Crippen LogP contribution in [0.3, 0.4) is 0 Å². The summed E-state index contributed by atoms with van der Waals surface area (Å²) in [7, 11) is -3.13. The van der Waals surface area contributed by atoms with Crippen LogP contribution in [0, 0.1) is 6.92 Å². The van der Waals surface area contributed by atoms with E-state index in [0.717, 1.165) is 7.11 Å². The van der Waals surface area contributed by atoms with Crippen molar-refractivity contribution >= 4 is 8.17 Å². The Labute approximate surface area is 145 Å². The zero-order valence-electron chi connectivity index (χ0n) is 14.4. The van der Waals surface area contributed by atoms with Gasteiger partial charge in [-0.25, -0.2) is 0 Å². The van der Waals surface area contributed by atoms with Crippen molar-refractivity contribution in [2.75, 3.05) is 20.3 Å². The van der Waals surface area contributed by atoms with Crippen LogP contribution in [0.2, 0.25) is 0 Å². The minimum absolute atomic E-state index is 0.151. The number of aromatic nitrogens is 2. The molecule has 0 aromatic carbocycles. The molecule has 3 atom stereocenters. The van der Waals surface area contributed by atoms with E-state index in [1.807, 2.05) is 6.92 Å². The van der Waals surface area contributed by atoms with Crippen molar-refractivity contribution in [2.45, 2.75) is 45.1 Å². The van der Waals surface area contributed by atoms with Gasteiger partial charge >= 0.3 is 144 Å². The maximum absolute atomic E-state index is 12.2. The van der Waals surface area contributed by atoms with Gasteiger partial charge in [0.25, 0.3) is 0 Å². The van der Waals surface area contributed by atoms with Crippen molar-refractivity contribution in [3.05, 3.63) is 32.6 Å².